The Morgan fingerprint density at radius 3 is 2.59 bits per heavy atom. The number of ether oxygens (including phenoxy) is 1. The molecular weight excluding hydrogens is 208 g/mol. The molecule has 0 fully saturated rings. The van der Waals surface area contributed by atoms with Crippen molar-refractivity contribution in [2.45, 2.75) is 45.6 Å². The van der Waals surface area contributed by atoms with Crippen LogP contribution in [0.15, 0.2) is 42.5 Å². The fraction of sp³-hybridized carbons (Fsp3) is 0.500. The molecule has 0 saturated carbocycles. The van der Waals surface area contributed by atoms with E-state index in [9.17, 15) is 0 Å². The van der Waals surface area contributed by atoms with Gasteiger partial charge in [-0.15, -0.1) is 0 Å². The van der Waals surface area contributed by atoms with E-state index in [2.05, 4.69) is 43.3 Å². The molecule has 0 radical (unpaired) electrons. The van der Waals surface area contributed by atoms with E-state index in [0.717, 1.165) is 19.6 Å². The van der Waals surface area contributed by atoms with Crippen LogP contribution in [0.4, 0.5) is 0 Å². The predicted molar refractivity (Wildman–Crippen MR) is 74.0 cm³/mol. The van der Waals surface area contributed by atoms with E-state index in [-0.39, 0.29) is 0 Å². The molecule has 0 heterocycles. The number of hydrogen-bond donors (Lipinski definition) is 0. The molecule has 0 spiro atoms. The first kappa shape index (κ1) is 14.0. The maximum Gasteiger partial charge on any atom is 0.0716 e. The minimum atomic E-state index is 0.747. The summed E-state index contributed by atoms with van der Waals surface area (Å²) in [7, 11) is 0. The molecule has 0 aliphatic rings. The molecular formula is C16H24O. The molecule has 0 unspecified atom stereocenters. The molecule has 1 heteroatoms. The lowest BCUT2D eigenvalue weighted by Gasteiger charge is -2.03. The third-order valence-electron chi connectivity index (χ3n) is 2.67. The SMILES string of the molecule is CC/C=C/CCCCCOCc1ccccc1. The summed E-state index contributed by atoms with van der Waals surface area (Å²) in [5, 5.41) is 0. The third-order valence-corrected chi connectivity index (χ3v) is 2.67. The highest BCUT2D eigenvalue weighted by Crippen LogP contribution is 2.04. The van der Waals surface area contributed by atoms with Gasteiger partial charge in [-0.1, -0.05) is 55.8 Å². The van der Waals surface area contributed by atoms with Crippen LogP contribution in [-0.2, 0) is 11.3 Å². The maximum atomic E-state index is 5.63. The lowest BCUT2D eigenvalue weighted by Crippen LogP contribution is -1.95. The Morgan fingerprint density at radius 1 is 1.00 bits per heavy atom. The Balaban J connectivity index is 1.90. The van der Waals surface area contributed by atoms with Gasteiger partial charge in [-0.2, -0.15) is 0 Å². The number of rotatable bonds is 9. The first-order valence-electron chi connectivity index (χ1n) is 6.70. The Hall–Kier alpha value is -1.08. The topological polar surface area (TPSA) is 9.23 Å². The molecule has 1 rings (SSSR count). The van der Waals surface area contributed by atoms with E-state index in [1.54, 1.807) is 0 Å². The molecule has 0 aliphatic carbocycles. The van der Waals surface area contributed by atoms with Gasteiger partial charge in [0.1, 0.15) is 0 Å². The second kappa shape index (κ2) is 10.1. The fourth-order valence-electron chi connectivity index (χ4n) is 1.69. The molecule has 0 aromatic heterocycles. The zero-order chi connectivity index (χ0) is 12.2. The number of allylic oxidation sites excluding steroid dienone is 2. The monoisotopic (exact) mass is 232 g/mol. The molecule has 94 valence electrons. The summed E-state index contributed by atoms with van der Waals surface area (Å²) in [5.74, 6) is 0. The van der Waals surface area contributed by atoms with Crippen LogP contribution >= 0.6 is 0 Å². The summed E-state index contributed by atoms with van der Waals surface area (Å²) in [6.07, 6.45) is 10.6. The number of hydrogen-bond acceptors (Lipinski definition) is 1. The first-order valence-corrected chi connectivity index (χ1v) is 6.70. The van der Waals surface area contributed by atoms with Crippen LogP contribution in [0.3, 0.4) is 0 Å². The quantitative estimate of drug-likeness (QED) is 0.442. The summed E-state index contributed by atoms with van der Waals surface area (Å²) < 4.78 is 5.63. The average molecular weight is 232 g/mol. The summed E-state index contributed by atoms with van der Waals surface area (Å²) in [6.45, 7) is 3.80. The van der Waals surface area contributed by atoms with E-state index < -0.39 is 0 Å². The van der Waals surface area contributed by atoms with Crippen molar-refractivity contribution in [2.75, 3.05) is 6.61 Å². The van der Waals surface area contributed by atoms with Gasteiger partial charge in [-0.05, 0) is 31.2 Å². The first-order chi connectivity index (χ1) is 8.43. The van der Waals surface area contributed by atoms with E-state index in [1.807, 2.05) is 6.07 Å². The van der Waals surface area contributed by atoms with Crippen LogP contribution in [0, 0.1) is 0 Å². The molecule has 1 nitrogen and oxygen atoms in total. The molecule has 17 heavy (non-hydrogen) atoms. The second-order valence-electron chi connectivity index (χ2n) is 4.27. The molecule has 0 amide bonds. The standard InChI is InChI=1S/C16H24O/c1-2-3-4-5-6-7-11-14-17-15-16-12-9-8-10-13-16/h3-4,8-10,12-13H,2,5-7,11,14-15H2,1H3/b4-3+. The molecule has 0 N–H and O–H groups in total. The normalized spacial score (nSPS) is 11.1. The van der Waals surface area contributed by atoms with E-state index in [4.69, 9.17) is 4.74 Å². The van der Waals surface area contributed by atoms with Gasteiger partial charge in [-0.25, -0.2) is 0 Å². The lowest BCUT2D eigenvalue weighted by atomic mass is 10.2. The molecule has 0 saturated heterocycles. The van der Waals surface area contributed by atoms with Crippen LogP contribution < -0.4 is 0 Å². The Kier molecular flexibility index (Phi) is 8.31. The average Bonchev–Trinajstić information content (AvgIpc) is 2.38. The zero-order valence-corrected chi connectivity index (χ0v) is 10.9. The van der Waals surface area contributed by atoms with Gasteiger partial charge in [0, 0.05) is 6.61 Å². The minimum absolute atomic E-state index is 0.747. The molecule has 1 aromatic rings. The summed E-state index contributed by atoms with van der Waals surface area (Å²) in [4.78, 5) is 0. The molecule has 0 bridgehead atoms. The minimum Gasteiger partial charge on any atom is -0.377 e. The zero-order valence-electron chi connectivity index (χ0n) is 10.9. The highest BCUT2D eigenvalue weighted by atomic mass is 16.5. The Morgan fingerprint density at radius 2 is 1.82 bits per heavy atom. The van der Waals surface area contributed by atoms with Crippen molar-refractivity contribution in [1.82, 2.24) is 0 Å². The van der Waals surface area contributed by atoms with Crippen LogP contribution in [-0.4, -0.2) is 6.61 Å². The van der Waals surface area contributed by atoms with E-state index >= 15 is 0 Å². The van der Waals surface area contributed by atoms with Crippen molar-refractivity contribution in [2.24, 2.45) is 0 Å². The van der Waals surface area contributed by atoms with Crippen molar-refractivity contribution < 1.29 is 4.74 Å². The molecule has 0 atom stereocenters. The van der Waals surface area contributed by atoms with Crippen LogP contribution in [0.25, 0.3) is 0 Å². The largest absolute Gasteiger partial charge is 0.377 e. The van der Waals surface area contributed by atoms with Crippen molar-refractivity contribution >= 4 is 0 Å². The fourth-order valence-corrected chi connectivity index (χ4v) is 1.69. The molecule has 0 aliphatic heterocycles. The van der Waals surface area contributed by atoms with Crippen molar-refractivity contribution in [1.29, 1.82) is 0 Å². The summed E-state index contributed by atoms with van der Waals surface area (Å²) in [6, 6.07) is 10.4. The van der Waals surface area contributed by atoms with Gasteiger partial charge in [0.2, 0.25) is 0 Å². The maximum absolute atomic E-state index is 5.63. The summed E-state index contributed by atoms with van der Waals surface area (Å²) >= 11 is 0. The van der Waals surface area contributed by atoms with Gasteiger partial charge in [0.15, 0.2) is 0 Å². The van der Waals surface area contributed by atoms with E-state index in [1.165, 1.54) is 31.2 Å². The third kappa shape index (κ3) is 7.76. The van der Waals surface area contributed by atoms with E-state index in [0.29, 0.717) is 0 Å². The Bertz CT molecular complexity index is 290. The van der Waals surface area contributed by atoms with Crippen LogP contribution in [0.1, 0.15) is 44.6 Å². The van der Waals surface area contributed by atoms with Gasteiger partial charge >= 0.3 is 0 Å². The van der Waals surface area contributed by atoms with Crippen LogP contribution in [0.2, 0.25) is 0 Å². The number of unbranched alkanes of at least 4 members (excludes halogenated alkanes) is 3. The van der Waals surface area contributed by atoms with Gasteiger partial charge in [0.25, 0.3) is 0 Å². The van der Waals surface area contributed by atoms with Crippen molar-refractivity contribution in [3.05, 3.63) is 48.0 Å². The summed E-state index contributed by atoms with van der Waals surface area (Å²) in [5.41, 5.74) is 1.26. The highest BCUT2D eigenvalue weighted by molar-refractivity contribution is 5.13. The molecule has 1 aromatic carbocycles. The van der Waals surface area contributed by atoms with Crippen molar-refractivity contribution in [3.8, 4) is 0 Å². The van der Waals surface area contributed by atoms with Gasteiger partial charge in [-0.3, -0.25) is 0 Å². The predicted octanol–water partition coefficient (Wildman–Crippen LogP) is 4.73. The second-order valence-corrected chi connectivity index (χ2v) is 4.27. The smallest absolute Gasteiger partial charge is 0.0716 e. The number of benzene rings is 1. The highest BCUT2D eigenvalue weighted by Gasteiger charge is 1.92. The van der Waals surface area contributed by atoms with Gasteiger partial charge in [0.05, 0.1) is 6.61 Å². The Labute approximate surface area is 106 Å². The lowest BCUT2D eigenvalue weighted by molar-refractivity contribution is 0.117. The van der Waals surface area contributed by atoms with Gasteiger partial charge < -0.3 is 4.74 Å². The van der Waals surface area contributed by atoms with Crippen LogP contribution in [0.5, 0.6) is 0 Å². The van der Waals surface area contributed by atoms with Crippen molar-refractivity contribution in [3.63, 3.8) is 0 Å².